The van der Waals surface area contributed by atoms with E-state index in [4.69, 9.17) is 0 Å². The summed E-state index contributed by atoms with van der Waals surface area (Å²) in [5.74, 6) is 1.55. The minimum Gasteiger partial charge on any atom is -0.336 e. The van der Waals surface area contributed by atoms with Crippen molar-refractivity contribution >= 4 is 5.69 Å². The molecule has 2 heteroatoms. The molecule has 2 saturated carbocycles. The maximum absolute atomic E-state index is 2.90. The topological polar surface area (TPSA) is 6.48 Å². The van der Waals surface area contributed by atoms with Crippen molar-refractivity contribution in [2.24, 2.45) is 11.8 Å². The van der Waals surface area contributed by atoms with Gasteiger partial charge in [0.25, 0.3) is 0 Å². The lowest BCUT2D eigenvalue weighted by Crippen LogP contribution is -2.55. The van der Waals surface area contributed by atoms with Gasteiger partial charge in [0.2, 0.25) is 0 Å². The van der Waals surface area contributed by atoms with Crippen LogP contribution in [0.5, 0.6) is 0 Å². The van der Waals surface area contributed by atoms with Crippen molar-refractivity contribution in [1.82, 2.24) is 4.90 Å². The predicted octanol–water partition coefficient (Wildman–Crippen LogP) is 7.74. The van der Waals surface area contributed by atoms with E-state index >= 15 is 0 Å². The molecule has 1 atom stereocenters. The van der Waals surface area contributed by atoms with Gasteiger partial charge < -0.3 is 9.80 Å². The van der Waals surface area contributed by atoms with Gasteiger partial charge in [-0.25, -0.2) is 0 Å². The Hall–Kier alpha value is -2.48. The van der Waals surface area contributed by atoms with Crippen molar-refractivity contribution < 1.29 is 0 Å². The number of fused-ring (bicyclic) bond motifs is 1. The summed E-state index contributed by atoms with van der Waals surface area (Å²) in [7, 11) is 0. The molecule has 6 rings (SSSR count). The van der Waals surface area contributed by atoms with Gasteiger partial charge in [-0.3, -0.25) is 0 Å². The summed E-state index contributed by atoms with van der Waals surface area (Å²) in [6, 6.07) is 20.2. The average Bonchev–Trinajstić information content (AvgIpc) is 3.61. The van der Waals surface area contributed by atoms with Crippen LogP contribution >= 0.6 is 0 Å². The molecule has 2 aromatic rings. The number of benzene rings is 2. The van der Waals surface area contributed by atoms with Gasteiger partial charge >= 0.3 is 0 Å². The molecule has 0 spiro atoms. The van der Waals surface area contributed by atoms with Crippen molar-refractivity contribution in [2.75, 3.05) is 4.90 Å². The lowest BCUT2D eigenvalue weighted by molar-refractivity contribution is 0.0414. The van der Waals surface area contributed by atoms with Gasteiger partial charge in [-0.2, -0.15) is 0 Å². The van der Waals surface area contributed by atoms with Crippen LogP contribution in [0.25, 0.3) is 0 Å². The van der Waals surface area contributed by atoms with Crippen LogP contribution in [0, 0.1) is 18.8 Å². The lowest BCUT2D eigenvalue weighted by atomic mass is 9.71. The molecule has 2 heterocycles. The average molecular weight is 425 g/mol. The fourth-order valence-electron chi connectivity index (χ4n) is 7.49. The number of hydrogen-bond donors (Lipinski definition) is 0. The summed E-state index contributed by atoms with van der Waals surface area (Å²) in [5.41, 5.74) is 7.14. The summed E-state index contributed by atoms with van der Waals surface area (Å²) in [4.78, 5) is 5.54. The second kappa shape index (κ2) is 7.83. The predicted molar refractivity (Wildman–Crippen MR) is 133 cm³/mol. The maximum atomic E-state index is 2.90. The van der Waals surface area contributed by atoms with Crippen molar-refractivity contribution in [3.8, 4) is 0 Å². The van der Waals surface area contributed by atoms with Crippen LogP contribution in [0.1, 0.15) is 75.6 Å². The number of anilines is 1. The van der Waals surface area contributed by atoms with Crippen LogP contribution in [-0.4, -0.2) is 10.4 Å². The van der Waals surface area contributed by atoms with Crippen LogP contribution in [-0.2, 0) is 0 Å². The van der Waals surface area contributed by atoms with Crippen molar-refractivity contribution in [3.05, 3.63) is 89.3 Å². The quantitative estimate of drug-likeness (QED) is 0.495. The van der Waals surface area contributed by atoms with Crippen LogP contribution in [0.4, 0.5) is 5.69 Å². The fraction of sp³-hybridized carbons (Fsp3) is 0.467. The van der Waals surface area contributed by atoms with Gasteiger partial charge in [-0.1, -0.05) is 80.3 Å². The molecule has 32 heavy (non-hydrogen) atoms. The van der Waals surface area contributed by atoms with E-state index in [1.165, 1.54) is 79.6 Å². The van der Waals surface area contributed by atoms with Crippen molar-refractivity contribution in [1.29, 1.82) is 0 Å². The summed E-state index contributed by atoms with van der Waals surface area (Å²) >= 11 is 0. The van der Waals surface area contributed by atoms with Gasteiger partial charge in [-0.05, 0) is 74.6 Å². The first-order valence-electron chi connectivity index (χ1n) is 12.8. The largest absolute Gasteiger partial charge is 0.336 e. The Morgan fingerprint density at radius 3 is 1.97 bits per heavy atom. The zero-order chi connectivity index (χ0) is 21.7. The Balaban J connectivity index is 1.55. The van der Waals surface area contributed by atoms with E-state index in [2.05, 4.69) is 90.4 Å². The number of para-hydroxylation sites is 1. The van der Waals surface area contributed by atoms with Crippen LogP contribution in [0.15, 0.2) is 78.1 Å². The van der Waals surface area contributed by atoms with E-state index in [-0.39, 0.29) is 11.7 Å². The molecule has 2 aliphatic carbocycles. The molecule has 0 aromatic heterocycles. The first kappa shape index (κ1) is 20.1. The minimum atomic E-state index is 0.168. The summed E-state index contributed by atoms with van der Waals surface area (Å²) in [6.07, 6.45) is 16.5. The van der Waals surface area contributed by atoms with E-state index in [0.29, 0.717) is 0 Å². The van der Waals surface area contributed by atoms with Crippen LogP contribution in [0.3, 0.4) is 0 Å². The molecule has 2 nitrogen and oxygen atoms in total. The summed E-state index contributed by atoms with van der Waals surface area (Å²) in [6.45, 7) is 4.61. The van der Waals surface area contributed by atoms with E-state index in [0.717, 1.165) is 11.8 Å². The zero-order valence-corrected chi connectivity index (χ0v) is 19.6. The molecule has 1 unspecified atom stereocenters. The van der Waals surface area contributed by atoms with Gasteiger partial charge in [0.15, 0.2) is 0 Å². The van der Waals surface area contributed by atoms with Crippen molar-refractivity contribution in [2.45, 2.75) is 76.9 Å². The van der Waals surface area contributed by atoms with Gasteiger partial charge in [0.05, 0.1) is 11.2 Å². The molecule has 166 valence electrons. The molecular formula is C30H36N2. The van der Waals surface area contributed by atoms with E-state index in [9.17, 15) is 0 Å². The normalized spacial score (nSPS) is 25.4. The molecule has 0 N–H and O–H groups in total. The molecule has 0 saturated heterocycles. The van der Waals surface area contributed by atoms with Crippen LogP contribution < -0.4 is 4.90 Å². The monoisotopic (exact) mass is 424 g/mol. The highest BCUT2D eigenvalue weighted by molar-refractivity contribution is 5.64. The molecular weight excluding hydrogens is 388 g/mol. The highest BCUT2D eigenvalue weighted by Gasteiger charge is 2.57. The number of nitrogens with zero attached hydrogens (tertiary/aromatic N) is 2. The Bertz CT molecular complexity index is 1020. The number of allylic oxidation sites excluding steroid dienone is 2. The van der Waals surface area contributed by atoms with E-state index < -0.39 is 0 Å². The second-order valence-corrected chi connectivity index (χ2v) is 10.5. The van der Waals surface area contributed by atoms with Gasteiger partial charge in [0.1, 0.15) is 6.17 Å². The highest BCUT2D eigenvalue weighted by Crippen LogP contribution is 2.59. The molecule has 2 aromatic carbocycles. The molecule has 0 radical (unpaired) electrons. The third kappa shape index (κ3) is 2.84. The molecule has 2 fully saturated rings. The van der Waals surface area contributed by atoms with Crippen LogP contribution in [0.2, 0.25) is 0 Å². The smallest absolute Gasteiger partial charge is 0.133 e. The summed E-state index contributed by atoms with van der Waals surface area (Å²) < 4.78 is 0. The standard InChI is InChI=1S/C30H36N2/c1-22-12-6-11-19-27(22)31-23(2)28-20-21-30(25-15-7-8-16-25,26-17-9-10-18-26)32(28)29(31)24-13-4-3-5-14-24/h3-6,11-14,19-21,25-26,29H,7-10,15-18H2,1-2H3. The third-order valence-electron chi connectivity index (χ3n) is 8.90. The summed E-state index contributed by atoms with van der Waals surface area (Å²) in [5, 5.41) is 0. The first-order valence-corrected chi connectivity index (χ1v) is 12.8. The first-order chi connectivity index (χ1) is 15.7. The van der Waals surface area contributed by atoms with Crippen molar-refractivity contribution in [3.63, 3.8) is 0 Å². The zero-order valence-electron chi connectivity index (χ0n) is 19.6. The number of hydrogen-bond acceptors (Lipinski definition) is 2. The SMILES string of the molecule is CC1=C2C=CC(C3CCCC3)(C3CCCC3)N2C(c2ccccc2)N1c1ccccc1C. The number of rotatable bonds is 4. The number of aryl methyl sites for hydroxylation is 1. The minimum absolute atomic E-state index is 0.168. The second-order valence-electron chi connectivity index (χ2n) is 10.5. The Labute approximate surface area is 193 Å². The Morgan fingerprint density at radius 2 is 1.34 bits per heavy atom. The fourth-order valence-corrected chi connectivity index (χ4v) is 7.49. The lowest BCUT2D eigenvalue weighted by Gasteiger charge is -2.51. The molecule has 4 aliphatic rings. The third-order valence-corrected chi connectivity index (χ3v) is 8.90. The van der Waals surface area contributed by atoms with E-state index in [1.807, 2.05) is 0 Å². The molecule has 0 amide bonds. The Kier molecular flexibility index (Phi) is 4.93. The highest BCUT2D eigenvalue weighted by atomic mass is 15.5. The van der Waals surface area contributed by atoms with Gasteiger partial charge in [-0.15, -0.1) is 0 Å². The Morgan fingerprint density at radius 1 is 0.750 bits per heavy atom. The van der Waals surface area contributed by atoms with Gasteiger partial charge in [0, 0.05) is 11.4 Å². The van der Waals surface area contributed by atoms with E-state index in [1.54, 1.807) is 0 Å². The maximum Gasteiger partial charge on any atom is 0.133 e. The molecule has 0 bridgehead atoms. The molecule has 2 aliphatic heterocycles.